The summed E-state index contributed by atoms with van der Waals surface area (Å²) in [4.78, 5) is 22.9. The molecule has 1 aromatic carbocycles. The van der Waals surface area contributed by atoms with Crippen molar-refractivity contribution in [2.24, 2.45) is 0 Å². The smallest absolute Gasteiger partial charge is 0.338 e. The number of carbonyl (C=O) groups excluding carboxylic acids is 2. The molecule has 16 heavy (non-hydrogen) atoms. The predicted octanol–water partition coefficient (Wildman–Crippen LogP) is 1.45. The largest absolute Gasteiger partial charge is 0.451 e. The number of hydrogen-bond donors (Lipinski definition) is 0. The van der Waals surface area contributed by atoms with Crippen LogP contribution in [0.5, 0.6) is 0 Å². The van der Waals surface area contributed by atoms with Gasteiger partial charge in [0.2, 0.25) is 0 Å². The molecule has 1 aromatic rings. The summed E-state index contributed by atoms with van der Waals surface area (Å²) in [5.74, 6) is -0.760. The average molecular weight is 222 g/mol. The number of Topliss-reactive ketones (excluding diaryl/α,β-unsaturated/α-hetero) is 1. The minimum absolute atomic E-state index is 0.0523. The zero-order valence-corrected chi connectivity index (χ0v) is 9.30. The van der Waals surface area contributed by atoms with Crippen LogP contribution in [0.4, 0.5) is 0 Å². The second kappa shape index (κ2) is 6.02. The lowest BCUT2D eigenvalue weighted by molar-refractivity contribution is -0.130. The Morgan fingerprint density at radius 2 is 1.88 bits per heavy atom. The second-order valence-electron chi connectivity index (χ2n) is 3.31. The number of ketones is 1. The van der Waals surface area contributed by atoms with E-state index in [2.05, 4.69) is 4.74 Å². The molecule has 1 atom stereocenters. The molecular formula is C12H14O4. The van der Waals surface area contributed by atoms with Gasteiger partial charge in [0.05, 0.1) is 5.56 Å². The number of rotatable bonds is 5. The van der Waals surface area contributed by atoms with Crippen molar-refractivity contribution >= 4 is 11.8 Å². The monoisotopic (exact) mass is 222 g/mol. The lowest BCUT2D eigenvalue weighted by Crippen LogP contribution is -2.27. The Bertz CT molecular complexity index is 359. The molecule has 0 aliphatic heterocycles. The van der Waals surface area contributed by atoms with E-state index in [1.807, 2.05) is 0 Å². The molecule has 0 saturated heterocycles. The molecule has 0 fully saturated rings. The molecule has 0 aliphatic carbocycles. The fourth-order valence-corrected chi connectivity index (χ4v) is 1.13. The van der Waals surface area contributed by atoms with E-state index in [0.29, 0.717) is 5.56 Å². The topological polar surface area (TPSA) is 52.6 Å². The van der Waals surface area contributed by atoms with Gasteiger partial charge in [-0.05, 0) is 19.1 Å². The summed E-state index contributed by atoms with van der Waals surface area (Å²) in [6, 6.07) is 8.54. The van der Waals surface area contributed by atoms with Crippen LogP contribution in [0.3, 0.4) is 0 Å². The van der Waals surface area contributed by atoms with Gasteiger partial charge in [-0.3, -0.25) is 4.79 Å². The first-order valence-electron chi connectivity index (χ1n) is 4.93. The zero-order chi connectivity index (χ0) is 12.0. The van der Waals surface area contributed by atoms with Gasteiger partial charge in [-0.25, -0.2) is 4.79 Å². The fraction of sp³-hybridized carbons (Fsp3) is 0.333. The number of esters is 1. The van der Waals surface area contributed by atoms with Gasteiger partial charge in [-0.2, -0.15) is 0 Å². The van der Waals surface area contributed by atoms with E-state index in [9.17, 15) is 9.59 Å². The van der Waals surface area contributed by atoms with Crippen molar-refractivity contribution in [3.05, 3.63) is 35.9 Å². The maximum atomic E-state index is 11.5. The highest BCUT2D eigenvalue weighted by Crippen LogP contribution is 2.04. The van der Waals surface area contributed by atoms with Crippen LogP contribution in [0.25, 0.3) is 0 Å². The Morgan fingerprint density at radius 1 is 1.25 bits per heavy atom. The van der Waals surface area contributed by atoms with Crippen LogP contribution < -0.4 is 0 Å². The SMILES string of the molecule is COCC(=O)[C@H](C)OC(=O)c1ccccc1. The van der Waals surface area contributed by atoms with Crippen molar-refractivity contribution < 1.29 is 19.1 Å². The summed E-state index contributed by atoms with van der Waals surface area (Å²) >= 11 is 0. The Balaban J connectivity index is 2.55. The van der Waals surface area contributed by atoms with E-state index < -0.39 is 12.1 Å². The fourth-order valence-electron chi connectivity index (χ4n) is 1.13. The molecular weight excluding hydrogens is 208 g/mol. The van der Waals surface area contributed by atoms with Gasteiger partial charge in [0.15, 0.2) is 11.9 Å². The van der Waals surface area contributed by atoms with Gasteiger partial charge in [-0.15, -0.1) is 0 Å². The summed E-state index contributed by atoms with van der Waals surface area (Å²) < 4.78 is 9.65. The van der Waals surface area contributed by atoms with E-state index >= 15 is 0 Å². The highest BCUT2D eigenvalue weighted by atomic mass is 16.5. The second-order valence-corrected chi connectivity index (χ2v) is 3.31. The molecule has 4 nitrogen and oxygen atoms in total. The van der Waals surface area contributed by atoms with Crippen LogP contribution in [0, 0.1) is 0 Å². The highest BCUT2D eigenvalue weighted by Gasteiger charge is 2.18. The standard InChI is InChI=1S/C12H14O4/c1-9(11(13)8-15-2)16-12(14)10-6-4-3-5-7-10/h3-7,9H,8H2,1-2H3/t9-/m0/s1. The number of methoxy groups -OCH3 is 1. The minimum atomic E-state index is -0.785. The summed E-state index contributed by atoms with van der Waals surface area (Å²) in [7, 11) is 1.42. The third-order valence-corrected chi connectivity index (χ3v) is 2.03. The van der Waals surface area contributed by atoms with Crippen molar-refractivity contribution in [3.8, 4) is 0 Å². The molecule has 0 spiro atoms. The molecule has 0 amide bonds. The van der Waals surface area contributed by atoms with Crippen LogP contribution in [-0.4, -0.2) is 31.6 Å². The van der Waals surface area contributed by atoms with Gasteiger partial charge >= 0.3 is 5.97 Å². The molecule has 0 radical (unpaired) electrons. The third-order valence-electron chi connectivity index (χ3n) is 2.03. The van der Waals surface area contributed by atoms with Crippen molar-refractivity contribution in [2.45, 2.75) is 13.0 Å². The highest BCUT2D eigenvalue weighted by molar-refractivity contribution is 5.92. The Morgan fingerprint density at radius 3 is 2.44 bits per heavy atom. The Kier molecular flexibility index (Phi) is 4.66. The van der Waals surface area contributed by atoms with Gasteiger partial charge in [0.25, 0.3) is 0 Å². The van der Waals surface area contributed by atoms with Crippen LogP contribution in [-0.2, 0) is 14.3 Å². The summed E-state index contributed by atoms with van der Waals surface area (Å²) in [5, 5.41) is 0. The normalized spacial score (nSPS) is 11.9. The summed E-state index contributed by atoms with van der Waals surface area (Å²) in [5.41, 5.74) is 0.430. The first-order chi connectivity index (χ1) is 7.65. The first-order valence-corrected chi connectivity index (χ1v) is 4.93. The molecule has 4 heteroatoms. The molecule has 0 N–H and O–H groups in total. The van der Waals surface area contributed by atoms with Crippen molar-refractivity contribution in [3.63, 3.8) is 0 Å². The average Bonchev–Trinajstić information content (AvgIpc) is 2.30. The number of carbonyl (C=O) groups is 2. The molecule has 1 rings (SSSR count). The minimum Gasteiger partial charge on any atom is -0.451 e. The lowest BCUT2D eigenvalue weighted by Gasteiger charge is -2.11. The molecule has 0 aliphatic rings. The van der Waals surface area contributed by atoms with E-state index in [0.717, 1.165) is 0 Å². The lowest BCUT2D eigenvalue weighted by atomic mass is 10.2. The summed E-state index contributed by atoms with van der Waals surface area (Å²) in [6.07, 6.45) is -0.785. The van der Waals surface area contributed by atoms with Crippen LogP contribution in [0.2, 0.25) is 0 Å². The van der Waals surface area contributed by atoms with Gasteiger partial charge in [0, 0.05) is 7.11 Å². The third kappa shape index (κ3) is 3.47. The predicted molar refractivity (Wildman–Crippen MR) is 58.2 cm³/mol. The first kappa shape index (κ1) is 12.4. The van der Waals surface area contributed by atoms with E-state index in [4.69, 9.17) is 4.74 Å². The number of benzene rings is 1. The maximum absolute atomic E-state index is 11.5. The van der Waals surface area contributed by atoms with Crippen LogP contribution in [0.15, 0.2) is 30.3 Å². The van der Waals surface area contributed by atoms with Crippen molar-refractivity contribution in [1.82, 2.24) is 0 Å². The molecule has 86 valence electrons. The van der Waals surface area contributed by atoms with E-state index in [-0.39, 0.29) is 12.4 Å². The molecule has 0 aromatic heterocycles. The number of hydrogen-bond acceptors (Lipinski definition) is 4. The maximum Gasteiger partial charge on any atom is 0.338 e. The van der Waals surface area contributed by atoms with Gasteiger partial charge < -0.3 is 9.47 Å². The van der Waals surface area contributed by atoms with Crippen LogP contribution in [0.1, 0.15) is 17.3 Å². The Hall–Kier alpha value is -1.68. The zero-order valence-electron chi connectivity index (χ0n) is 9.30. The quantitative estimate of drug-likeness (QED) is 0.707. The van der Waals surface area contributed by atoms with Gasteiger partial charge in [-0.1, -0.05) is 18.2 Å². The molecule has 0 bridgehead atoms. The van der Waals surface area contributed by atoms with Gasteiger partial charge in [0.1, 0.15) is 6.61 Å². The molecule has 0 saturated carbocycles. The van der Waals surface area contributed by atoms with E-state index in [1.165, 1.54) is 14.0 Å². The van der Waals surface area contributed by atoms with E-state index in [1.54, 1.807) is 30.3 Å². The molecule has 0 unspecified atom stereocenters. The van der Waals surface area contributed by atoms with Crippen molar-refractivity contribution in [2.75, 3.05) is 13.7 Å². The Labute approximate surface area is 94.2 Å². The molecule has 0 heterocycles. The summed E-state index contributed by atoms with van der Waals surface area (Å²) in [6.45, 7) is 1.48. The van der Waals surface area contributed by atoms with Crippen molar-refractivity contribution in [1.29, 1.82) is 0 Å². The van der Waals surface area contributed by atoms with Crippen LogP contribution >= 0.6 is 0 Å². The number of ether oxygens (including phenoxy) is 2.